The summed E-state index contributed by atoms with van der Waals surface area (Å²) in [5, 5.41) is 17.5. The Morgan fingerprint density at radius 2 is 1.75 bits per heavy atom. The van der Waals surface area contributed by atoms with Crippen LogP contribution in [0.5, 0.6) is 0 Å². The summed E-state index contributed by atoms with van der Waals surface area (Å²) >= 11 is 0. The van der Waals surface area contributed by atoms with Crippen LogP contribution in [0.25, 0.3) is 10.9 Å². The summed E-state index contributed by atoms with van der Waals surface area (Å²) in [6, 6.07) is 4.23. The minimum Gasteiger partial charge on any atom is -0.480 e. The van der Waals surface area contributed by atoms with Crippen molar-refractivity contribution in [1.82, 2.24) is 30.9 Å². The summed E-state index contributed by atoms with van der Waals surface area (Å²) in [6.07, 6.45) is 5.42. The first-order chi connectivity index (χ1) is 19.1. The number of aromatic nitrogens is 3. The van der Waals surface area contributed by atoms with Crippen molar-refractivity contribution in [3.05, 3.63) is 54.2 Å². The van der Waals surface area contributed by atoms with Gasteiger partial charge in [-0.1, -0.05) is 18.2 Å². The van der Waals surface area contributed by atoms with E-state index < -0.39 is 48.4 Å². The molecule has 2 aromatic heterocycles. The van der Waals surface area contributed by atoms with E-state index >= 15 is 0 Å². The number of carbonyl (C=O) groups excluding carboxylic acids is 3. The topological polar surface area (TPSA) is 259 Å². The molecule has 1 aromatic carbocycles. The van der Waals surface area contributed by atoms with Crippen molar-refractivity contribution in [3.8, 4) is 0 Å². The highest BCUT2D eigenvalue weighted by atomic mass is 16.4. The van der Waals surface area contributed by atoms with Gasteiger partial charge >= 0.3 is 5.97 Å². The lowest BCUT2D eigenvalue weighted by Gasteiger charge is -2.24. The number of aliphatic imine (C=N–C) groups is 1. The number of guanidine groups is 1. The Morgan fingerprint density at radius 1 is 1.00 bits per heavy atom. The number of benzene rings is 1. The van der Waals surface area contributed by atoms with Gasteiger partial charge in [0, 0.05) is 48.4 Å². The first kappa shape index (κ1) is 29.6. The van der Waals surface area contributed by atoms with Gasteiger partial charge in [-0.25, -0.2) is 4.98 Å². The fourth-order valence-electron chi connectivity index (χ4n) is 4.07. The predicted octanol–water partition coefficient (Wildman–Crippen LogP) is -1.77. The van der Waals surface area contributed by atoms with Crippen molar-refractivity contribution in [2.75, 3.05) is 13.1 Å². The first-order valence-electron chi connectivity index (χ1n) is 12.6. The van der Waals surface area contributed by atoms with E-state index in [4.69, 9.17) is 22.3 Å². The zero-order chi connectivity index (χ0) is 29.1. The van der Waals surface area contributed by atoms with E-state index in [1.807, 2.05) is 24.3 Å². The first-order valence-corrected chi connectivity index (χ1v) is 12.6. The predicted molar refractivity (Wildman–Crippen MR) is 147 cm³/mol. The fourth-order valence-corrected chi connectivity index (χ4v) is 4.07. The van der Waals surface area contributed by atoms with Gasteiger partial charge in [0.2, 0.25) is 17.7 Å². The van der Waals surface area contributed by atoms with Gasteiger partial charge in [0.1, 0.15) is 18.6 Å². The summed E-state index contributed by atoms with van der Waals surface area (Å²) in [5.41, 5.74) is 19.0. The van der Waals surface area contributed by atoms with Gasteiger partial charge in [0.15, 0.2) is 5.96 Å². The Bertz CT molecular complexity index is 1330. The van der Waals surface area contributed by atoms with Crippen LogP contribution in [0.3, 0.4) is 0 Å². The molecule has 2 heterocycles. The van der Waals surface area contributed by atoms with Crippen LogP contribution >= 0.6 is 0 Å². The average molecular weight is 555 g/mol. The molecule has 12 N–H and O–H groups in total. The van der Waals surface area contributed by atoms with Gasteiger partial charge in [0.25, 0.3) is 0 Å². The summed E-state index contributed by atoms with van der Waals surface area (Å²) in [7, 11) is 0. The van der Waals surface area contributed by atoms with Gasteiger partial charge in [-0.2, -0.15) is 0 Å². The Morgan fingerprint density at radius 3 is 2.45 bits per heavy atom. The van der Waals surface area contributed by atoms with E-state index in [0.717, 1.165) is 16.5 Å². The van der Waals surface area contributed by atoms with E-state index in [1.54, 1.807) is 6.20 Å². The molecule has 0 saturated carbocycles. The number of fused-ring (bicyclic) bond motifs is 1. The van der Waals surface area contributed by atoms with Crippen molar-refractivity contribution in [2.45, 2.75) is 43.8 Å². The molecule has 15 heteroatoms. The van der Waals surface area contributed by atoms with Crippen LogP contribution in [0.2, 0.25) is 0 Å². The molecule has 15 nitrogen and oxygen atoms in total. The molecule has 0 aliphatic heterocycles. The van der Waals surface area contributed by atoms with Gasteiger partial charge in [0.05, 0.1) is 12.4 Å². The van der Waals surface area contributed by atoms with Gasteiger partial charge < -0.3 is 48.2 Å². The van der Waals surface area contributed by atoms with Crippen LogP contribution in [0.1, 0.15) is 24.1 Å². The standard InChI is InChI=1S/C25H34N10O5/c26-17(9-15-11-29-13-33-15)22(38)34-19(6-3-7-30-25(27)28)24(40)35-20(23(39)32-12-21(36)37)8-14-10-31-18-5-2-1-4-16(14)18/h1-2,4-5,10-11,13,17,19-20,31H,3,6-9,12,26H2,(H,29,33)(H,32,39)(H,34,38)(H,35,40)(H,36,37)(H4,27,28,30). The van der Waals surface area contributed by atoms with Crippen LogP contribution in [0.15, 0.2) is 48.0 Å². The molecule has 0 radical (unpaired) electrons. The molecular weight excluding hydrogens is 520 g/mol. The fraction of sp³-hybridized carbons (Fsp3) is 0.360. The smallest absolute Gasteiger partial charge is 0.322 e. The van der Waals surface area contributed by atoms with Crippen molar-refractivity contribution in [3.63, 3.8) is 0 Å². The minimum absolute atomic E-state index is 0.0647. The van der Waals surface area contributed by atoms with Crippen molar-refractivity contribution in [1.29, 1.82) is 0 Å². The molecule has 214 valence electrons. The second-order valence-corrected chi connectivity index (χ2v) is 9.13. The summed E-state index contributed by atoms with van der Waals surface area (Å²) in [4.78, 5) is 64.0. The van der Waals surface area contributed by atoms with Gasteiger partial charge in [-0.3, -0.25) is 24.2 Å². The molecule has 3 rings (SSSR count). The maximum absolute atomic E-state index is 13.4. The second-order valence-electron chi connectivity index (χ2n) is 9.13. The van der Waals surface area contributed by atoms with Crippen LogP contribution in [0, 0.1) is 0 Å². The monoisotopic (exact) mass is 554 g/mol. The Balaban J connectivity index is 1.77. The molecule has 3 atom stereocenters. The number of nitrogens with one attached hydrogen (secondary N) is 5. The third-order valence-corrected chi connectivity index (χ3v) is 6.06. The number of rotatable bonds is 15. The third-order valence-electron chi connectivity index (χ3n) is 6.06. The second kappa shape index (κ2) is 14.3. The minimum atomic E-state index is -1.23. The van der Waals surface area contributed by atoms with Crippen molar-refractivity contribution in [2.24, 2.45) is 22.2 Å². The van der Waals surface area contributed by atoms with Gasteiger partial charge in [-0.15, -0.1) is 0 Å². The van der Waals surface area contributed by atoms with E-state index in [2.05, 4.69) is 35.9 Å². The van der Waals surface area contributed by atoms with E-state index in [0.29, 0.717) is 12.1 Å². The number of amides is 3. The SMILES string of the molecule is NC(N)=NCCCC(NC(=O)C(N)Cc1cnc[nH]1)C(=O)NC(Cc1c[nH]c2ccccc12)C(=O)NCC(=O)O. The maximum Gasteiger partial charge on any atom is 0.322 e. The lowest BCUT2D eigenvalue weighted by molar-refractivity contribution is -0.138. The molecule has 0 spiro atoms. The number of nitrogens with zero attached hydrogens (tertiary/aromatic N) is 2. The van der Waals surface area contributed by atoms with Crippen molar-refractivity contribution < 1.29 is 24.3 Å². The van der Waals surface area contributed by atoms with E-state index in [1.165, 1.54) is 12.5 Å². The number of nitrogens with two attached hydrogens (primary N) is 3. The number of para-hydroxylation sites is 1. The zero-order valence-corrected chi connectivity index (χ0v) is 21.7. The number of carbonyl (C=O) groups is 4. The van der Waals surface area contributed by atoms with Crippen LogP contribution in [0.4, 0.5) is 0 Å². The number of aromatic amines is 2. The maximum atomic E-state index is 13.4. The highest BCUT2D eigenvalue weighted by molar-refractivity contribution is 5.94. The van der Waals surface area contributed by atoms with Crippen LogP contribution in [-0.2, 0) is 32.0 Å². The number of H-pyrrole nitrogens is 2. The molecule has 40 heavy (non-hydrogen) atoms. The molecular formula is C25H34N10O5. The summed E-state index contributed by atoms with van der Waals surface area (Å²) in [6.45, 7) is -0.416. The molecule has 0 bridgehead atoms. The van der Waals surface area contributed by atoms with Crippen LogP contribution in [-0.4, -0.2) is 80.9 Å². The molecule has 0 aliphatic rings. The zero-order valence-electron chi connectivity index (χ0n) is 21.7. The highest BCUT2D eigenvalue weighted by Gasteiger charge is 2.29. The lowest BCUT2D eigenvalue weighted by atomic mass is 10.0. The Labute approximate surface area is 229 Å². The molecule has 0 saturated heterocycles. The summed E-state index contributed by atoms with van der Waals surface area (Å²) in [5.74, 6) is -3.27. The number of carboxylic acids is 1. The Kier molecular flexibility index (Phi) is 10.6. The Hall–Kier alpha value is -4.92. The molecule has 3 unspecified atom stereocenters. The normalized spacial score (nSPS) is 13.1. The number of aliphatic carboxylic acids is 1. The lowest BCUT2D eigenvalue weighted by Crippen LogP contribution is -2.56. The third kappa shape index (κ3) is 8.83. The highest BCUT2D eigenvalue weighted by Crippen LogP contribution is 2.19. The largest absolute Gasteiger partial charge is 0.480 e. The number of carboxylic acid groups (broad SMARTS) is 1. The van der Waals surface area contributed by atoms with E-state index in [9.17, 15) is 19.2 Å². The molecule has 0 fully saturated rings. The van der Waals surface area contributed by atoms with E-state index in [-0.39, 0.29) is 31.8 Å². The number of hydrogen-bond acceptors (Lipinski definition) is 7. The quantitative estimate of drug-likeness (QED) is 0.0584. The molecule has 3 amide bonds. The van der Waals surface area contributed by atoms with Gasteiger partial charge in [-0.05, 0) is 24.5 Å². The number of imidazole rings is 1. The average Bonchev–Trinajstić information content (AvgIpc) is 3.58. The molecule has 3 aromatic rings. The van der Waals surface area contributed by atoms with Crippen molar-refractivity contribution >= 4 is 40.6 Å². The van der Waals surface area contributed by atoms with Crippen LogP contribution < -0.4 is 33.2 Å². The summed E-state index contributed by atoms with van der Waals surface area (Å²) < 4.78 is 0. The number of hydrogen-bond donors (Lipinski definition) is 9. The molecule has 0 aliphatic carbocycles.